The second kappa shape index (κ2) is 5.61. The van der Waals surface area contributed by atoms with Crippen LogP contribution in [-0.2, 0) is 16.6 Å². The van der Waals surface area contributed by atoms with Crippen LogP contribution < -0.4 is 4.72 Å². The molecular formula is C13H11N3O2S. The van der Waals surface area contributed by atoms with Crippen LogP contribution in [0.5, 0.6) is 0 Å². The van der Waals surface area contributed by atoms with E-state index in [0.29, 0.717) is 5.69 Å². The largest absolute Gasteiger partial charge is 0.260 e. The number of pyridine rings is 1. The van der Waals surface area contributed by atoms with Crippen molar-refractivity contribution >= 4 is 10.0 Å². The first-order chi connectivity index (χ1) is 9.13. The molecule has 0 spiro atoms. The van der Waals surface area contributed by atoms with Crippen LogP contribution in [0.1, 0.15) is 11.3 Å². The van der Waals surface area contributed by atoms with Gasteiger partial charge in [-0.05, 0) is 24.3 Å². The van der Waals surface area contributed by atoms with Gasteiger partial charge in [0.05, 0.1) is 22.7 Å². The van der Waals surface area contributed by atoms with Gasteiger partial charge in [0.1, 0.15) is 6.07 Å². The Bertz CT molecular complexity index is 706. The van der Waals surface area contributed by atoms with Gasteiger partial charge in [0.25, 0.3) is 0 Å². The van der Waals surface area contributed by atoms with Crippen molar-refractivity contribution in [1.82, 2.24) is 9.71 Å². The highest BCUT2D eigenvalue weighted by molar-refractivity contribution is 7.89. The van der Waals surface area contributed by atoms with Crippen LogP contribution in [0, 0.1) is 11.3 Å². The van der Waals surface area contributed by atoms with Gasteiger partial charge in [0.15, 0.2) is 0 Å². The van der Waals surface area contributed by atoms with Crippen LogP contribution >= 0.6 is 0 Å². The van der Waals surface area contributed by atoms with Gasteiger partial charge >= 0.3 is 0 Å². The SMILES string of the molecule is N#Cc1ccccc1S(=O)(=O)NCc1ccccn1. The van der Waals surface area contributed by atoms with Gasteiger partial charge in [-0.2, -0.15) is 5.26 Å². The summed E-state index contributed by atoms with van der Waals surface area (Å²) in [6.45, 7) is 0.0862. The number of nitriles is 1. The molecule has 0 atom stereocenters. The maximum atomic E-state index is 12.1. The normalized spacial score (nSPS) is 10.9. The maximum absolute atomic E-state index is 12.1. The molecule has 0 aliphatic heterocycles. The van der Waals surface area contributed by atoms with Crippen LogP contribution in [0.2, 0.25) is 0 Å². The summed E-state index contributed by atoms with van der Waals surface area (Å²) in [7, 11) is -3.71. The molecule has 0 radical (unpaired) electrons. The van der Waals surface area contributed by atoms with E-state index >= 15 is 0 Å². The highest BCUT2D eigenvalue weighted by Gasteiger charge is 2.17. The Balaban J connectivity index is 2.22. The Morgan fingerprint density at radius 1 is 1.16 bits per heavy atom. The first-order valence-corrected chi connectivity index (χ1v) is 7.00. The highest BCUT2D eigenvalue weighted by atomic mass is 32.2. The summed E-state index contributed by atoms with van der Waals surface area (Å²) < 4.78 is 26.6. The lowest BCUT2D eigenvalue weighted by atomic mass is 10.2. The lowest BCUT2D eigenvalue weighted by molar-refractivity contribution is 0.580. The molecule has 2 rings (SSSR count). The van der Waals surface area contributed by atoms with E-state index in [-0.39, 0.29) is 17.0 Å². The quantitative estimate of drug-likeness (QED) is 0.913. The van der Waals surface area contributed by atoms with Gasteiger partial charge in [0, 0.05) is 6.20 Å². The smallest absolute Gasteiger partial charge is 0.242 e. The minimum absolute atomic E-state index is 0.0200. The number of aromatic nitrogens is 1. The number of hydrogen-bond donors (Lipinski definition) is 1. The lowest BCUT2D eigenvalue weighted by Crippen LogP contribution is -2.24. The highest BCUT2D eigenvalue weighted by Crippen LogP contribution is 2.14. The van der Waals surface area contributed by atoms with Gasteiger partial charge in [-0.1, -0.05) is 18.2 Å². The second-order valence-electron chi connectivity index (χ2n) is 3.75. The van der Waals surface area contributed by atoms with Crippen LogP contribution in [0.15, 0.2) is 53.6 Å². The summed E-state index contributed by atoms with van der Waals surface area (Å²) in [5, 5.41) is 8.91. The molecule has 0 bridgehead atoms. The van der Waals surface area contributed by atoms with Crippen molar-refractivity contribution < 1.29 is 8.42 Å². The van der Waals surface area contributed by atoms with Crippen molar-refractivity contribution in [3.05, 3.63) is 59.9 Å². The molecule has 6 heteroatoms. The van der Waals surface area contributed by atoms with Crippen molar-refractivity contribution in [2.75, 3.05) is 0 Å². The van der Waals surface area contributed by atoms with Gasteiger partial charge in [0.2, 0.25) is 10.0 Å². The summed E-state index contributed by atoms with van der Waals surface area (Å²) in [5.41, 5.74) is 0.733. The van der Waals surface area contributed by atoms with Gasteiger partial charge in [-0.25, -0.2) is 13.1 Å². The Morgan fingerprint density at radius 3 is 2.58 bits per heavy atom. The molecule has 1 aromatic heterocycles. The van der Waals surface area contributed by atoms with Gasteiger partial charge in [-0.15, -0.1) is 0 Å². The second-order valence-corrected chi connectivity index (χ2v) is 5.49. The summed E-state index contributed by atoms with van der Waals surface area (Å²) in [4.78, 5) is 4.01. The van der Waals surface area contributed by atoms with E-state index in [1.807, 2.05) is 6.07 Å². The summed E-state index contributed by atoms with van der Waals surface area (Å²) >= 11 is 0. The molecule has 2 aromatic rings. The number of nitrogens with zero attached hydrogens (tertiary/aromatic N) is 2. The molecule has 0 aliphatic rings. The Kier molecular flexibility index (Phi) is 3.90. The minimum Gasteiger partial charge on any atom is -0.260 e. The van der Waals surface area contributed by atoms with Crippen molar-refractivity contribution in [1.29, 1.82) is 5.26 Å². The summed E-state index contributed by atoms with van der Waals surface area (Å²) in [6, 6.07) is 13.2. The Hall–Kier alpha value is -2.23. The number of hydrogen-bond acceptors (Lipinski definition) is 4. The number of rotatable bonds is 4. The molecule has 0 amide bonds. The molecule has 0 saturated carbocycles. The monoisotopic (exact) mass is 273 g/mol. The van der Waals surface area contributed by atoms with Crippen LogP contribution in [0.25, 0.3) is 0 Å². The van der Waals surface area contributed by atoms with Crippen LogP contribution in [0.4, 0.5) is 0 Å². The Labute approximate surface area is 111 Å². The van der Waals surface area contributed by atoms with Crippen LogP contribution in [0.3, 0.4) is 0 Å². The number of benzene rings is 1. The summed E-state index contributed by atoms with van der Waals surface area (Å²) in [5.74, 6) is 0. The van der Waals surface area contributed by atoms with E-state index in [0.717, 1.165) is 0 Å². The third-order valence-electron chi connectivity index (χ3n) is 2.47. The lowest BCUT2D eigenvalue weighted by Gasteiger charge is -2.07. The van der Waals surface area contributed by atoms with Crippen molar-refractivity contribution in [3.63, 3.8) is 0 Å². The zero-order valence-corrected chi connectivity index (χ0v) is 10.8. The van der Waals surface area contributed by atoms with E-state index < -0.39 is 10.0 Å². The molecule has 1 aromatic carbocycles. The first kappa shape index (κ1) is 13.2. The molecule has 1 N–H and O–H groups in total. The average molecular weight is 273 g/mol. The van der Waals surface area contributed by atoms with Gasteiger partial charge < -0.3 is 0 Å². The summed E-state index contributed by atoms with van der Waals surface area (Å²) in [6.07, 6.45) is 1.59. The zero-order valence-electron chi connectivity index (χ0n) is 9.95. The molecule has 5 nitrogen and oxygen atoms in total. The fraction of sp³-hybridized carbons (Fsp3) is 0.0769. The predicted molar refractivity (Wildman–Crippen MR) is 69.4 cm³/mol. The molecule has 19 heavy (non-hydrogen) atoms. The number of sulfonamides is 1. The van der Waals surface area contributed by atoms with E-state index in [9.17, 15) is 8.42 Å². The third-order valence-corrected chi connectivity index (χ3v) is 3.93. The maximum Gasteiger partial charge on any atom is 0.242 e. The van der Waals surface area contributed by atoms with Crippen molar-refractivity contribution in [3.8, 4) is 6.07 Å². The fourth-order valence-electron chi connectivity index (χ4n) is 1.54. The molecule has 0 saturated heterocycles. The molecule has 96 valence electrons. The first-order valence-electron chi connectivity index (χ1n) is 5.52. The molecule has 0 fully saturated rings. The molecule has 0 aliphatic carbocycles. The van der Waals surface area contributed by atoms with E-state index in [1.165, 1.54) is 12.1 Å². The minimum atomic E-state index is -3.71. The van der Waals surface area contributed by atoms with Crippen LogP contribution in [-0.4, -0.2) is 13.4 Å². The van der Waals surface area contributed by atoms with E-state index in [1.54, 1.807) is 36.5 Å². The van der Waals surface area contributed by atoms with Gasteiger partial charge in [-0.3, -0.25) is 4.98 Å². The number of nitrogens with one attached hydrogen (secondary N) is 1. The Morgan fingerprint density at radius 2 is 1.89 bits per heavy atom. The predicted octanol–water partition coefficient (Wildman–Crippen LogP) is 1.43. The standard InChI is InChI=1S/C13H11N3O2S/c14-9-11-5-1-2-7-13(11)19(17,18)16-10-12-6-3-4-8-15-12/h1-8,16H,10H2. The molecule has 1 heterocycles. The molecule has 0 unspecified atom stereocenters. The fourth-order valence-corrected chi connectivity index (χ4v) is 2.70. The zero-order chi connectivity index (χ0) is 13.7. The van der Waals surface area contributed by atoms with Crippen molar-refractivity contribution in [2.24, 2.45) is 0 Å². The van der Waals surface area contributed by atoms with E-state index in [2.05, 4.69) is 9.71 Å². The average Bonchev–Trinajstić information content (AvgIpc) is 2.46. The molecular weight excluding hydrogens is 262 g/mol. The topological polar surface area (TPSA) is 82.8 Å². The third kappa shape index (κ3) is 3.16. The van der Waals surface area contributed by atoms with E-state index in [4.69, 9.17) is 5.26 Å². The van der Waals surface area contributed by atoms with Crippen molar-refractivity contribution in [2.45, 2.75) is 11.4 Å².